The Morgan fingerprint density at radius 3 is 1.79 bits per heavy atom. The lowest BCUT2D eigenvalue weighted by Crippen LogP contribution is -2.55. The molecule has 29 heavy (non-hydrogen) atoms. The van der Waals surface area contributed by atoms with E-state index in [1.54, 1.807) is 0 Å². The highest BCUT2D eigenvalue weighted by Gasteiger charge is 2.29. The van der Waals surface area contributed by atoms with Gasteiger partial charge in [0.2, 0.25) is 24.1 Å². The Labute approximate surface area is 162 Å². The third kappa shape index (κ3) is 10.2. The van der Waals surface area contributed by atoms with E-state index < -0.39 is 79.7 Å². The first-order valence-corrected chi connectivity index (χ1v) is 7.86. The summed E-state index contributed by atoms with van der Waals surface area (Å²) in [5.41, 5.74) is 0. The van der Waals surface area contributed by atoms with E-state index in [0.29, 0.717) is 0 Å². The number of aliphatic hydroxyl groups is 1. The van der Waals surface area contributed by atoms with Crippen molar-refractivity contribution in [1.29, 1.82) is 0 Å². The molecule has 0 unspecified atom stereocenters. The lowest BCUT2D eigenvalue weighted by molar-refractivity contribution is -0.143. The van der Waals surface area contributed by atoms with Crippen molar-refractivity contribution in [2.75, 3.05) is 13.2 Å². The number of hydrogen-bond acceptors (Lipinski definition) is 8. The van der Waals surface area contributed by atoms with Crippen LogP contribution in [0.2, 0.25) is 0 Å². The van der Waals surface area contributed by atoms with Crippen molar-refractivity contribution in [2.45, 2.75) is 31.0 Å². The molecule has 0 aliphatic carbocycles. The summed E-state index contributed by atoms with van der Waals surface area (Å²) in [5.74, 6) is -7.82. The van der Waals surface area contributed by atoms with Gasteiger partial charge in [0.25, 0.3) is 0 Å². The lowest BCUT2D eigenvalue weighted by atomic mass is 10.1. The van der Waals surface area contributed by atoms with Gasteiger partial charge in [-0.05, 0) is 0 Å². The van der Waals surface area contributed by atoms with E-state index in [0.717, 1.165) is 0 Å². The summed E-state index contributed by atoms with van der Waals surface area (Å²) in [6, 6.07) is -4.94. The minimum atomic E-state index is -1.73. The molecule has 0 spiro atoms. The molecule has 8 N–H and O–H groups in total. The summed E-state index contributed by atoms with van der Waals surface area (Å²) in [6.45, 7) is -1.72. The lowest BCUT2D eigenvalue weighted by Gasteiger charge is -2.20. The average Bonchev–Trinajstić information content (AvgIpc) is 2.62. The van der Waals surface area contributed by atoms with Crippen molar-refractivity contribution in [3.63, 3.8) is 0 Å². The summed E-state index contributed by atoms with van der Waals surface area (Å²) in [7, 11) is 0. The van der Waals surface area contributed by atoms with Gasteiger partial charge in [-0.2, -0.15) is 0 Å². The van der Waals surface area contributed by atoms with Crippen LogP contribution in [0.4, 0.5) is 0 Å². The molecule has 0 rings (SSSR count). The van der Waals surface area contributed by atoms with Crippen LogP contribution in [0.3, 0.4) is 0 Å². The highest BCUT2D eigenvalue weighted by atomic mass is 16.4. The molecule has 0 aromatic heterocycles. The first-order chi connectivity index (χ1) is 13.5. The zero-order valence-electron chi connectivity index (χ0n) is 14.8. The monoisotopic (exact) mass is 420 g/mol. The van der Waals surface area contributed by atoms with Crippen molar-refractivity contribution >= 4 is 42.0 Å². The van der Waals surface area contributed by atoms with Gasteiger partial charge in [-0.25, -0.2) is 4.79 Å². The fourth-order valence-electron chi connectivity index (χ4n) is 1.86. The molecular weight excluding hydrogens is 400 g/mol. The van der Waals surface area contributed by atoms with E-state index >= 15 is 0 Å². The topological polar surface area (TPSA) is 249 Å². The zero-order chi connectivity index (χ0) is 22.6. The Morgan fingerprint density at radius 2 is 1.34 bits per heavy atom. The first kappa shape index (κ1) is 25.2. The Balaban J connectivity index is 5.00. The van der Waals surface area contributed by atoms with Crippen LogP contribution in [0.5, 0.6) is 0 Å². The number of carboxylic acid groups (broad SMARTS) is 3. The van der Waals surface area contributed by atoms with Crippen LogP contribution in [-0.4, -0.2) is 93.7 Å². The average molecular weight is 420 g/mol. The minimum Gasteiger partial charge on any atom is -0.481 e. The molecule has 0 saturated carbocycles. The molecule has 4 amide bonds. The number of hydrogen-bond donors (Lipinski definition) is 8. The molecule has 0 fully saturated rings. The van der Waals surface area contributed by atoms with Crippen molar-refractivity contribution in [1.82, 2.24) is 21.3 Å². The van der Waals surface area contributed by atoms with Crippen LogP contribution >= 0.6 is 0 Å². The third-order valence-corrected chi connectivity index (χ3v) is 3.22. The number of aliphatic hydroxyl groups excluding tert-OH is 1. The van der Waals surface area contributed by atoms with Crippen LogP contribution in [0.25, 0.3) is 0 Å². The normalized spacial score (nSPS) is 13.1. The molecule has 15 nitrogen and oxygen atoms in total. The molecule has 0 aliphatic heterocycles. The molecule has 0 heterocycles. The van der Waals surface area contributed by atoms with Gasteiger partial charge in [0.05, 0.1) is 26.0 Å². The van der Waals surface area contributed by atoms with Crippen LogP contribution in [0.15, 0.2) is 0 Å². The predicted octanol–water partition coefficient (Wildman–Crippen LogP) is -4.79. The molecule has 15 heteroatoms. The molecule has 0 aromatic carbocycles. The van der Waals surface area contributed by atoms with Gasteiger partial charge in [0, 0.05) is 0 Å². The van der Waals surface area contributed by atoms with E-state index in [1.165, 1.54) is 0 Å². The summed E-state index contributed by atoms with van der Waals surface area (Å²) >= 11 is 0. The molecule has 0 saturated heterocycles. The maximum Gasteiger partial charge on any atom is 0.328 e. The predicted molar refractivity (Wildman–Crippen MR) is 89.1 cm³/mol. The molecular formula is C14H20N4O11. The summed E-state index contributed by atoms with van der Waals surface area (Å²) in [6.07, 6.45) is -1.73. The first-order valence-electron chi connectivity index (χ1n) is 7.86. The Bertz CT molecular complexity index is 666. The second kappa shape index (κ2) is 12.6. The Morgan fingerprint density at radius 1 is 0.793 bits per heavy atom. The SMILES string of the molecule is O=CN[C@@H](CC(=O)O)C(=O)N[C@@H](CC(=O)O)C(=O)NCC(=O)N[C@@H](CO)C(=O)O. The summed E-state index contributed by atoms with van der Waals surface area (Å²) in [4.78, 5) is 78.5. The molecule has 3 atom stereocenters. The standard InChI is InChI=1S/C14H20N4O11/c19-4-8(14(28)29)17-9(21)3-15-12(26)7(2-11(24)25)18-13(27)6(16-5-20)1-10(22)23/h5-8,19H,1-4H2,(H,15,26)(H,16,20)(H,17,21)(H,18,27)(H,22,23)(H,24,25)(H,28,29)/t6-,7-,8-/m0/s1. The minimum absolute atomic E-state index is 0.0455. The number of carboxylic acids is 3. The Hall–Kier alpha value is -3.75. The van der Waals surface area contributed by atoms with Crippen molar-refractivity contribution < 1.29 is 54.0 Å². The second-order valence-corrected chi connectivity index (χ2v) is 5.45. The van der Waals surface area contributed by atoms with Gasteiger partial charge >= 0.3 is 17.9 Å². The quantitative estimate of drug-likeness (QED) is 0.124. The highest BCUT2D eigenvalue weighted by molar-refractivity contribution is 5.95. The van der Waals surface area contributed by atoms with Crippen LogP contribution < -0.4 is 21.3 Å². The third-order valence-electron chi connectivity index (χ3n) is 3.22. The number of amides is 4. The second-order valence-electron chi connectivity index (χ2n) is 5.45. The van der Waals surface area contributed by atoms with Crippen molar-refractivity contribution in [2.24, 2.45) is 0 Å². The van der Waals surface area contributed by atoms with E-state index in [4.69, 9.17) is 20.4 Å². The van der Waals surface area contributed by atoms with E-state index in [1.807, 2.05) is 21.3 Å². The molecule has 0 aliphatic rings. The van der Waals surface area contributed by atoms with Gasteiger partial charge in [-0.3, -0.25) is 28.8 Å². The molecule has 0 bridgehead atoms. The fourth-order valence-corrected chi connectivity index (χ4v) is 1.86. The van der Waals surface area contributed by atoms with Crippen LogP contribution in [-0.2, 0) is 33.6 Å². The molecule has 0 radical (unpaired) electrons. The zero-order valence-corrected chi connectivity index (χ0v) is 14.8. The van der Waals surface area contributed by atoms with Gasteiger partial charge in [-0.1, -0.05) is 0 Å². The maximum atomic E-state index is 12.1. The number of aliphatic carboxylic acids is 3. The highest BCUT2D eigenvalue weighted by Crippen LogP contribution is 1.98. The fraction of sp³-hybridized carbons (Fsp3) is 0.500. The number of carbonyl (C=O) groups is 7. The van der Waals surface area contributed by atoms with E-state index in [9.17, 15) is 33.6 Å². The van der Waals surface area contributed by atoms with Crippen LogP contribution in [0.1, 0.15) is 12.8 Å². The van der Waals surface area contributed by atoms with Gasteiger partial charge in [0.1, 0.15) is 18.1 Å². The smallest absolute Gasteiger partial charge is 0.328 e. The number of rotatable bonds is 14. The van der Waals surface area contributed by atoms with E-state index in [-0.39, 0.29) is 6.41 Å². The Kier molecular flexibility index (Phi) is 11.0. The molecule has 162 valence electrons. The van der Waals surface area contributed by atoms with Crippen molar-refractivity contribution in [3.05, 3.63) is 0 Å². The maximum absolute atomic E-state index is 12.1. The van der Waals surface area contributed by atoms with Gasteiger partial charge < -0.3 is 41.7 Å². The van der Waals surface area contributed by atoms with E-state index in [2.05, 4.69) is 0 Å². The van der Waals surface area contributed by atoms with Crippen LogP contribution in [0, 0.1) is 0 Å². The molecule has 0 aromatic rings. The van der Waals surface area contributed by atoms with Gasteiger partial charge in [0.15, 0.2) is 0 Å². The van der Waals surface area contributed by atoms with Gasteiger partial charge in [-0.15, -0.1) is 0 Å². The number of carbonyl (C=O) groups excluding carboxylic acids is 4. The summed E-state index contributed by atoms with van der Waals surface area (Å²) in [5, 5.41) is 42.8. The van der Waals surface area contributed by atoms with Crippen molar-refractivity contribution in [3.8, 4) is 0 Å². The summed E-state index contributed by atoms with van der Waals surface area (Å²) < 4.78 is 0. The number of nitrogens with one attached hydrogen (secondary N) is 4. The largest absolute Gasteiger partial charge is 0.481 e.